The fraction of sp³-hybridized carbons (Fsp3) is 0.222. The minimum absolute atomic E-state index is 0.147. The summed E-state index contributed by atoms with van der Waals surface area (Å²) < 4.78 is 12.5. The summed E-state index contributed by atoms with van der Waals surface area (Å²) in [4.78, 5) is 12.7. The number of thioether (sulfide) groups is 1. The van der Waals surface area contributed by atoms with E-state index < -0.39 is 6.03 Å². The molecule has 0 atom stereocenters. The zero-order valence-electron chi connectivity index (χ0n) is 21.0. The highest BCUT2D eigenvalue weighted by Gasteiger charge is 2.18. The Kier molecular flexibility index (Phi) is 8.58. The normalized spacial score (nSPS) is 10.7. The molecule has 0 aliphatic heterocycles. The number of hydrogen-bond donors (Lipinski definition) is 2. The van der Waals surface area contributed by atoms with E-state index in [1.165, 1.54) is 18.2 Å². The smallest absolute Gasteiger partial charge is 0.319 e. The van der Waals surface area contributed by atoms with Gasteiger partial charge in [-0.15, -0.1) is 10.2 Å². The van der Waals surface area contributed by atoms with Gasteiger partial charge in [-0.3, -0.25) is 4.57 Å². The number of anilines is 1. The molecule has 192 valence electrons. The van der Waals surface area contributed by atoms with Crippen LogP contribution in [0.1, 0.15) is 22.5 Å². The molecule has 2 N–H and O–H groups in total. The molecule has 0 unspecified atom stereocenters. The van der Waals surface area contributed by atoms with E-state index in [1.807, 2.05) is 41.8 Å². The number of urea groups is 1. The molecule has 8 nitrogen and oxygen atoms in total. The van der Waals surface area contributed by atoms with Gasteiger partial charge in [-0.25, -0.2) is 4.79 Å². The third-order valence-electron chi connectivity index (χ3n) is 5.79. The Morgan fingerprint density at radius 3 is 2.57 bits per heavy atom. The first kappa shape index (κ1) is 26.4. The molecule has 37 heavy (non-hydrogen) atoms. The minimum Gasteiger partial charge on any atom is -0.497 e. The lowest BCUT2D eigenvalue weighted by Gasteiger charge is -2.15. The average molecular weight is 538 g/mol. The average Bonchev–Trinajstić information content (AvgIpc) is 3.31. The number of methoxy groups -OCH3 is 2. The molecule has 10 heteroatoms. The van der Waals surface area contributed by atoms with Gasteiger partial charge in [-0.05, 0) is 54.8 Å². The Bertz CT molecular complexity index is 1410. The number of carbonyl (C=O) groups is 1. The molecule has 0 saturated heterocycles. The monoisotopic (exact) mass is 537 g/mol. The van der Waals surface area contributed by atoms with Gasteiger partial charge in [0.2, 0.25) is 0 Å². The number of carbonyl (C=O) groups excluding carboxylic acids is 1. The van der Waals surface area contributed by atoms with Crippen molar-refractivity contribution in [3.63, 3.8) is 0 Å². The molecule has 0 radical (unpaired) electrons. The van der Waals surface area contributed by atoms with E-state index in [0.29, 0.717) is 33.2 Å². The van der Waals surface area contributed by atoms with Crippen LogP contribution in [-0.2, 0) is 12.3 Å². The van der Waals surface area contributed by atoms with E-state index in [9.17, 15) is 4.79 Å². The van der Waals surface area contributed by atoms with Crippen molar-refractivity contribution >= 4 is 35.1 Å². The van der Waals surface area contributed by atoms with Crippen LogP contribution in [0.4, 0.5) is 10.5 Å². The van der Waals surface area contributed by atoms with Crippen molar-refractivity contribution in [1.29, 1.82) is 0 Å². The summed E-state index contributed by atoms with van der Waals surface area (Å²) in [5, 5.41) is 15.8. The predicted octanol–water partition coefficient (Wildman–Crippen LogP) is 6.17. The van der Waals surface area contributed by atoms with Gasteiger partial charge in [-0.1, -0.05) is 53.7 Å². The Morgan fingerprint density at radius 1 is 1.00 bits per heavy atom. The second-order valence-electron chi connectivity index (χ2n) is 8.25. The highest BCUT2D eigenvalue weighted by molar-refractivity contribution is 7.98. The van der Waals surface area contributed by atoms with Crippen LogP contribution in [0.2, 0.25) is 5.02 Å². The Balaban J connectivity index is 1.56. The molecule has 4 aromatic rings. The standard InChI is InChI=1S/C27H28ClN5O3S/c1-17-7-5-6-8-19(17)16-37-27-32-31-25(33(27)23-13-20(28)10-9-18(23)2)15-29-26(34)30-22-12-11-21(35-3)14-24(22)36-4/h5-14H,15-16H2,1-4H3,(H2,29,30,34). The quantitative estimate of drug-likeness (QED) is 0.248. The number of hydrogen-bond acceptors (Lipinski definition) is 6. The van der Waals surface area contributed by atoms with Gasteiger partial charge in [0.05, 0.1) is 32.1 Å². The maximum atomic E-state index is 12.7. The van der Waals surface area contributed by atoms with Gasteiger partial charge in [0, 0.05) is 16.8 Å². The summed E-state index contributed by atoms with van der Waals surface area (Å²) in [5.41, 5.74) is 4.82. The van der Waals surface area contributed by atoms with Crippen molar-refractivity contribution in [2.75, 3.05) is 19.5 Å². The van der Waals surface area contributed by atoms with E-state index in [1.54, 1.807) is 37.1 Å². The predicted molar refractivity (Wildman–Crippen MR) is 147 cm³/mol. The molecule has 0 aliphatic rings. The molecular weight excluding hydrogens is 510 g/mol. The van der Waals surface area contributed by atoms with Gasteiger partial charge in [0.15, 0.2) is 11.0 Å². The Hall–Kier alpha value is -3.69. The fourth-order valence-corrected chi connectivity index (χ4v) is 4.92. The van der Waals surface area contributed by atoms with Crippen molar-refractivity contribution in [2.45, 2.75) is 31.3 Å². The van der Waals surface area contributed by atoms with Crippen LogP contribution in [0.15, 0.2) is 65.8 Å². The second kappa shape index (κ2) is 12.0. The van der Waals surface area contributed by atoms with Crippen LogP contribution in [0.5, 0.6) is 11.5 Å². The zero-order valence-corrected chi connectivity index (χ0v) is 22.6. The topological polar surface area (TPSA) is 90.3 Å². The molecule has 1 heterocycles. The first-order valence-electron chi connectivity index (χ1n) is 11.5. The number of amides is 2. The first-order valence-corrected chi connectivity index (χ1v) is 12.9. The molecular formula is C27H28ClN5O3S. The lowest BCUT2D eigenvalue weighted by Crippen LogP contribution is -2.29. The third kappa shape index (κ3) is 6.36. The van der Waals surface area contributed by atoms with Gasteiger partial charge < -0.3 is 20.1 Å². The van der Waals surface area contributed by atoms with E-state index in [2.05, 4.69) is 39.9 Å². The fourth-order valence-electron chi connectivity index (χ4n) is 3.72. The van der Waals surface area contributed by atoms with E-state index in [-0.39, 0.29) is 6.54 Å². The number of aryl methyl sites for hydroxylation is 2. The number of halogens is 1. The van der Waals surface area contributed by atoms with Crippen molar-refractivity contribution in [2.24, 2.45) is 0 Å². The van der Waals surface area contributed by atoms with Gasteiger partial charge in [0.1, 0.15) is 11.5 Å². The summed E-state index contributed by atoms with van der Waals surface area (Å²) in [6.07, 6.45) is 0. The lowest BCUT2D eigenvalue weighted by molar-refractivity contribution is 0.251. The van der Waals surface area contributed by atoms with Crippen molar-refractivity contribution in [1.82, 2.24) is 20.1 Å². The largest absolute Gasteiger partial charge is 0.497 e. The Morgan fingerprint density at radius 2 is 1.81 bits per heavy atom. The van der Waals surface area contributed by atoms with E-state index in [0.717, 1.165) is 17.0 Å². The second-order valence-corrected chi connectivity index (χ2v) is 9.63. The van der Waals surface area contributed by atoms with Crippen LogP contribution in [-0.4, -0.2) is 35.0 Å². The number of aromatic nitrogens is 3. The molecule has 3 aromatic carbocycles. The van der Waals surface area contributed by atoms with Gasteiger partial charge in [-0.2, -0.15) is 0 Å². The molecule has 0 saturated carbocycles. The Labute approximate surface area is 225 Å². The van der Waals surface area contributed by atoms with Crippen LogP contribution in [0.3, 0.4) is 0 Å². The SMILES string of the molecule is COc1ccc(NC(=O)NCc2nnc(SCc3ccccc3C)n2-c2cc(Cl)ccc2C)c(OC)c1. The maximum absolute atomic E-state index is 12.7. The van der Waals surface area contributed by atoms with Crippen molar-refractivity contribution < 1.29 is 14.3 Å². The summed E-state index contributed by atoms with van der Waals surface area (Å²) in [7, 11) is 3.10. The highest BCUT2D eigenvalue weighted by Crippen LogP contribution is 2.30. The highest BCUT2D eigenvalue weighted by atomic mass is 35.5. The summed E-state index contributed by atoms with van der Waals surface area (Å²) in [5.74, 6) is 2.43. The van der Waals surface area contributed by atoms with Crippen molar-refractivity contribution in [3.8, 4) is 17.2 Å². The number of rotatable bonds is 9. The van der Waals surface area contributed by atoms with Gasteiger partial charge in [0.25, 0.3) is 0 Å². The first-order chi connectivity index (χ1) is 17.9. The lowest BCUT2D eigenvalue weighted by atomic mass is 10.1. The number of nitrogens with one attached hydrogen (secondary N) is 2. The molecule has 1 aromatic heterocycles. The van der Waals surface area contributed by atoms with Crippen LogP contribution in [0, 0.1) is 13.8 Å². The molecule has 2 amide bonds. The number of benzene rings is 3. The minimum atomic E-state index is -0.407. The molecule has 0 aliphatic carbocycles. The molecule has 0 bridgehead atoms. The molecule has 0 spiro atoms. The molecule has 0 fully saturated rings. The number of nitrogens with zero attached hydrogens (tertiary/aromatic N) is 3. The van der Waals surface area contributed by atoms with Crippen LogP contribution >= 0.6 is 23.4 Å². The van der Waals surface area contributed by atoms with E-state index in [4.69, 9.17) is 21.1 Å². The third-order valence-corrected chi connectivity index (χ3v) is 7.01. The summed E-state index contributed by atoms with van der Waals surface area (Å²) in [6, 6.07) is 18.7. The molecule has 4 rings (SSSR count). The maximum Gasteiger partial charge on any atom is 0.319 e. The summed E-state index contributed by atoms with van der Waals surface area (Å²) >= 11 is 7.92. The van der Waals surface area contributed by atoms with Crippen LogP contribution < -0.4 is 20.1 Å². The zero-order chi connectivity index (χ0) is 26.4. The van der Waals surface area contributed by atoms with Crippen molar-refractivity contribution in [3.05, 3.63) is 88.2 Å². The van der Waals surface area contributed by atoms with Gasteiger partial charge >= 0.3 is 6.03 Å². The van der Waals surface area contributed by atoms with E-state index >= 15 is 0 Å². The summed E-state index contributed by atoms with van der Waals surface area (Å²) in [6.45, 7) is 4.24. The van der Waals surface area contributed by atoms with Crippen LogP contribution in [0.25, 0.3) is 5.69 Å². The number of ether oxygens (including phenoxy) is 2.